The van der Waals surface area contributed by atoms with E-state index in [0.29, 0.717) is 16.6 Å². The number of alkyl halides is 3. The molecule has 0 aliphatic rings. The van der Waals surface area contributed by atoms with Crippen LogP contribution in [0.3, 0.4) is 0 Å². The molecule has 0 saturated carbocycles. The first kappa shape index (κ1) is 11.7. The van der Waals surface area contributed by atoms with E-state index >= 15 is 0 Å². The SMILES string of the molecule is CCc1nc2c(Cl)cc(C(F)(F)F)cc2s1. The zero-order chi connectivity index (χ0) is 11.9. The van der Waals surface area contributed by atoms with Crippen LogP contribution in [0.5, 0.6) is 0 Å². The van der Waals surface area contributed by atoms with Crippen molar-refractivity contribution in [3.63, 3.8) is 0 Å². The van der Waals surface area contributed by atoms with E-state index in [1.54, 1.807) is 0 Å². The van der Waals surface area contributed by atoms with E-state index in [-0.39, 0.29) is 5.02 Å². The minimum atomic E-state index is -4.37. The van der Waals surface area contributed by atoms with Gasteiger partial charge in [-0.15, -0.1) is 11.3 Å². The normalized spacial score (nSPS) is 12.3. The smallest absolute Gasteiger partial charge is 0.240 e. The molecule has 0 fully saturated rings. The number of rotatable bonds is 1. The topological polar surface area (TPSA) is 12.9 Å². The maximum atomic E-state index is 12.5. The van der Waals surface area contributed by atoms with Gasteiger partial charge < -0.3 is 0 Å². The Labute approximate surface area is 98.9 Å². The summed E-state index contributed by atoms with van der Waals surface area (Å²) in [5.41, 5.74) is -0.271. The molecule has 0 aliphatic heterocycles. The molecule has 0 radical (unpaired) electrons. The van der Waals surface area contributed by atoms with Crippen molar-refractivity contribution in [2.45, 2.75) is 19.5 Å². The van der Waals surface area contributed by atoms with Crippen LogP contribution in [0.4, 0.5) is 13.2 Å². The van der Waals surface area contributed by atoms with E-state index < -0.39 is 11.7 Å². The van der Waals surface area contributed by atoms with Gasteiger partial charge in [0.25, 0.3) is 0 Å². The molecule has 1 aromatic carbocycles. The lowest BCUT2D eigenvalue weighted by Gasteiger charge is -2.06. The Morgan fingerprint density at radius 1 is 1.38 bits per heavy atom. The maximum absolute atomic E-state index is 12.5. The van der Waals surface area contributed by atoms with Crippen molar-refractivity contribution >= 4 is 33.2 Å². The summed E-state index contributed by atoms with van der Waals surface area (Å²) in [6.07, 6.45) is -3.68. The molecule has 0 unspecified atom stereocenters. The predicted molar refractivity (Wildman–Crippen MR) is 59.0 cm³/mol. The Bertz CT molecular complexity index is 533. The molecule has 1 heterocycles. The van der Waals surface area contributed by atoms with Gasteiger partial charge in [0.2, 0.25) is 0 Å². The maximum Gasteiger partial charge on any atom is 0.416 e. The minimum absolute atomic E-state index is 0.0563. The lowest BCUT2D eigenvalue weighted by atomic mass is 10.2. The molecule has 1 nitrogen and oxygen atoms in total. The fourth-order valence-electron chi connectivity index (χ4n) is 1.35. The van der Waals surface area contributed by atoms with Crippen molar-refractivity contribution in [2.75, 3.05) is 0 Å². The summed E-state index contributed by atoms with van der Waals surface area (Å²) in [6, 6.07) is 2.01. The standard InChI is InChI=1S/C10H7ClF3NS/c1-2-8-15-9-6(11)3-5(10(12,13)14)4-7(9)16-8/h3-4H,2H2,1H3. The Hall–Kier alpha value is -0.810. The van der Waals surface area contributed by atoms with Crippen LogP contribution < -0.4 is 0 Å². The number of hydrogen-bond donors (Lipinski definition) is 0. The Balaban J connectivity index is 2.67. The number of fused-ring (bicyclic) bond motifs is 1. The quantitative estimate of drug-likeness (QED) is 0.738. The molecule has 0 atom stereocenters. The average molecular weight is 266 g/mol. The lowest BCUT2D eigenvalue weighted by Crippen LogP contribution is -2.04. The minimum Gasteiger partial charge on any atom is -0.240 e. The summed E-state index contributed by atoms with van der Waals surface area (Å²) in [5.74, 6) is 0. The second-order valence-corrected chi connectivity index (χ2v) is 4.79. The largest absolute Gasteiger partial charge is 0.416 e. The van der Waals surface area contributed by atoms with Crippen LogP contribution in [0.25, 0.3) is 10.2 Å². The molecule has 86 valence electrons. The summed E-state index contributed by atoms with van der Waals surface area (Å²) >= 11 is 7.03. The van der Waals surface area contributed by atoms with E-state index in [0.717, 1.165) is 17.1 Å². The monoisotopic (exact) mass is 265 g/mol. The van der Waals surface area contributed by atoms with Crippen LogP contribution in [-0.2, 0) is 12.6 Å². The van der Waals surface area contributed by atoms with E-state index in [1.165, 1.54) is 11.3 Å². The van der Waals surface area contributed by atoms with Crippen molar-refractivity contribution in [2.24, 2.45) is 0 Å². The fourth-order valence-corrected chi connectivity index (χ4v) is 2.64. The van der Waals surface area contributed by atoms with Gasteiger partial charge in [-0.25, -0.2) is 4.98 Å². The van der Waals surface area contributed by atoms with Gasteiger partial charge in [-0.1, -0.05) is 18.5 Å². The molecule has 0 N–H and O–H groups in total. The lowest BCUT2D eigenvalue weighted by molar-refractivity contribution is -0.137. The molecule has 2 aromatic rings. The summed E-state index contributed by atoms with van der Waals surface area (Å²) in [7, 11) is 0. The van der Waals surface area contributed by atoms with E-state index in [4.69, 9.17) is 11.6 Å². The second kappa shape index (κ2) is 3.89. The number of aromatic nitrogens is 1. The van der Waals surface area contributed by atoms with Gasteiger partial charge in [0.1, 0.15) is 5.52 Å². The molecule has 16 heavy (non-hydrogen) atoms. The molecule has 0 bridgehead atoms. The van der Waals surface area contributed by atoms with E-state index in [1.807, 2.05) is 6.92 Å². The number of nitrogens with zero attached hydrogens (tertiary/aromatic N) is 1. The number of aryl methyl sites for hydroxylation is 1. The first-order valence-electron chi connectivity index (χ1n) is 4.58. The molecule has 1 aromatic heterocycles. The highest BCUT2D eigenvalue weighted by Gasteiger charge is 2.31. The number of thiazole rings is 1. The first-order valence-corrected chi connectivity index (χ1v) is 5.77. The van der Waals surface area contributed by atoms with Gasteiger partial charge >= 0.3 is 6.18 Å². The van der Waals surface area contributed by atoms with Crippen LogP contribution in [0.1, 0.15) is 17.5 Å². The molecular weight excluding hydrogens is 259 g/mol. The summed E-state index contributed by atoms with van der Waals surface area (Å²) in [6.45, 7) is 1.90. The third-order valence-corrected chi connectivity index (χ3v) is 3.56. The Morgan fingerprint density at radius 2 is 2.06 bits per heavy atom. The van der Waals surface area contributed by atoms with Crippen LogP contribution in [0.15, 0.2) is 12.1 Å². The summed E-state index contributed by atoms with van der Waals surface area (Å²) in [5, 5.41) is 0.844. The molecule has 2 rings (SSSR count). The Kier molecular flexibility index (Phi) is 2.84. The molecule has 6 heteroatoms. The predicted octanol–water partition coefficient (Wildman–Crippen LogP) is 4.53. The van der Waals surface area contributed by atoms with E-state index in [9.17, 15) is 13.2 Å². The molecule has 0 amide bonds. The van der Waals surface area contributed by atoms with Gasteiger partial charge in [0.05, 0.1) is 20.3 Å². The molecular formula is C10H7ClF3NS. The summed E-state index contributed by atoms with van der Waals surface area (Å²) in [4.78, 5) is 4.17. The van der Waals surface area contributed by atoms with Gasteiger partial charge in [-0.3, -0.25) is 0 Å². The fraction of sp³-hybridized carbons (Fsp3) is 0.300. The molecule has 0 spiro atoms. The molecule has 0 saturated heterocycles. The zero-order valence-corrected chi connectivity index (χ0v) is 9.80. The first-order chi connectivity index (χ1) is 7.41. The van der Waals surface area contributed by atoms with Crippen molar-refractivity contribution in [3.8, 4) is 0 Å². The van der Waals surface area contributed by atoms with Crippen LogP contribution >= 0.6 is 22.9 Å². The van der Waals surface area contributed by atoms with Crippen LogP contribution in [0.2, 0.25) is 5.02 Å². The van der Waals surface area contributed by atoms with E-state index in [2.05, 4.69) is 4.98 Å². The third-order valence-electron chi connectivity index (χ3n) is 2.12. The van der Waals surface area contributed by atoms with Crippen molar-refractivity contribution in [3.05, 3.63) is 27.7 Å². The van der Waals surface area contributed by atoms with Gasteiger partial charge in [-0.2, -0.15) is 13.2 Å². The number of benzene rings is 1. The second-order valence-electron chi connectivity index (χ2n) is 3.26. The highest BCUT2D eigenvalue weighted by atomic mass is 35.5. The summed E-state index contributed by atoms with van der Waals surface area (Å²) < 4.78 is 38.0. The van der Waals surface area contributed by atoms with Gasteiger partial charge in [0.15, 0.2) is 0 Å². The number of hydrogen-bond acceptors (Lipinski definition) is 2. The van der Waals surface area contributed by atoms with Gasteiger partial charge in [-0.05, 0) is 18.6 Å². The highest BCUT2D eigenvalue weighted by molar-refractivity contribution is 7.18. The van der Waals surface area contributed by atoms with Crippen molar-refractivity contribution in [1.29, 1.82) is 0 Å². The van der Waals surface area contributed by atoms with Gasteiger partial charge in [0, 0.05) is 0 Å². The highest BCUT2D eigenvalue weighted by Crippen LogP contribution is 2.36. The van der Waals surface area contributed by atoms with Crippen LogP contribution in [0, 0.1) is 0 Å². The average Bonchev–Trinajstić information content (AvgIpc) is 2.59. The molecule has 0 aliphatic carbocycles. The van der Waals surface area contributed by atoms with Crippen molar-refractivity contribution < 1.29 is 13.2 Å². The number of halogens is 4. The van der Waals surface area contributed by atoms with Crippen LogP contribution in [-0.4, -0.2) is 4.98 Å². The van der Waals surface area contributed by atoms with Crippen molar-refractivity contribution in [1.82, 2.24) is 4.98 Å². The zero-order valence-electron chi connectivity index (χ0n) is 8.23. The Morgan fingerprint density at radius 3 is 2.62 bits per heavy atom. The third kappa shape index (κ3) is 2.01.